The number of aliphatic imine (C=N–C) groups is 1. The first-order chi connectivity index (χ1) is 12.0. The highest BCUT2D eigenvalue weighted by molar-refractivity contribution is 5.80. The summed E-state index contributed by atoms with van der Waals surface area (Å²) < 4.78 is 13.8. The fourth-order valence-corrected chi connectivity index (χ4v) is 2.40. The Morgan fingerprint density at radius 3 is 2.76 bits per heavy atom. The predicted molar refractivity (Wildman–Crippen MR) is 98.7 cm³/mol. The summed E-state index contributed by atoms with van der Waals surface area (Å²) in [6.45, 7) is 6.88. The van der Waals surface area contributed by atoms with Gasteiger partial charge in [0.25, 0.3) is 0 Å². The van der Waals surface area contributed by atoms with Gasteiger partial charge >= 0.3 is 0 Å². The second kappa shape index (κ2) is 8.84. The van der Waals surface area contributed by atoms with Crippen LogP contribution in [0.15, 0.2) is 47.5 Å². The number of nitrogens with zero attached hydrogens (tertiary/aromatic N) is 2. The van der Waals surface area contributed by atoms with Crippen molar-refractivity contribution in [3.05, 3.63) is 70.5 Å². The maximum Gasteiger partial charge on any atom is 0.192 e. The SMILES string of the molecule is CCNC(=NCc1cccc(C#N)c1)NC(C)c1ccc(C)c(F)c1. The molecule has 4 nitrogen and oxygen atoms in total. The van der Waals surface area contributed by atoms with E-state index in [0.717, 1.165) is 17.7 Å². The zero-order valence-electron chi connectivity index (χ0n) is 14.8. The Kier molecular flexibility index (Phi) is 6.53. The normalized spacial score (nSPS) is 12.4. The second-order valence-electron chi connectivity index (χ2n) is 5.88. The van der Waals surface area contributed by atoms with Crippen LogP contribution in [0.2, 0.25) is 0 Å². The summed E-state index contributed by atoms with van der Waals surface area (Å²) in [5.41, 5.74) is 3.08. The van der Waals surface area contributed by atoms with E-state index in [2.05, 4.69) is 21.7 Å². The zero-order valence-corrected chi connectivity index (χ0v) is 14.8. The van der Waals surface area contributed by atoms with E-state index in [1.807, 2.05) is 38.1 Å². The molecule has 2 aromatic carbocycles. The summed E-state index contributed by atoms with van der Waals surface area (Å²) in [5.74, 6) is 0.444. The Bertz CT molecular complexity index is 793. The van der Waals surface area contributed by atoms with Crippen LogP contribution in [0.5, 0.6) is 0 Å². The first kappa shape index (κ1) is 18.5. The lowest BCUT2D eigenvalue weighted by atomic mass is 10.1. The number of benzene rings is 2. The largest absolute Gasteiger partial charge is 0.357 e. The van der Waals surface area contributed by atoms with Crippen LogP contribution in [0, 0.1) is 24.1 Å². The fourth-order valence-electron chi connectivity index (χ4n) is 2.40. The van der Waals surface area contributed by atoms with E-state index >= 15 is 0 Å². The fraction of sp³-hybridized carbons (Fsp3) is 0.300. The van der Waals surface area contributed by atoms with Gasteiger partial charge in [0.1, 0.15) is 5.82 Å². The third-order valence-corrected chi connectivity index (χ3v) is 3.87. The highest BCUT2D eigenvalue weighted by Gasteiger charge is 2.09. The van der Waals surface area contributed by atoms with Crippen molar-refractivity contribution in [1.82, 2.24) is 10.6 Å². The average Bonchev–Trinajstić information content (AvgIpc) is 2.62. The Balaban J connectivity index is 2.10. The van der Waals surface area contributed by atoms with Gasteiger partial charge in [0.05, 0.1) is 24.2 Å². The van der Waals surface area contributed by atoms with Gasteiger partial charge in [-0.25, -0.2) is 9.38 Å². The number of nitrogens with one attached hydrogen (secondary N) is 2. The molecular formula is C20H23FN4. The van der Waals surface area contributed by atoms with Crippen molar-refractivity contribution in [3.63, 3.8) is 0 Å². The molecule has 2 N–H and O–H groups in total. The molecule has 25 heavy (non-hydrogen) atoms. The number of hydrogen-bond acceptors (Lipinski definition) is 2. The number of aryl methyl sites for hydroxylation is 1. The van der Waals surface area contributed by atoms with Gasteiger partial charge in [-0.15, -0.1) is 0 Å². The van der Waals surface area contributed by atoms with Crippen LogP contribution >= 0.6 is 0 Å². The molecule has 0 saturated carbocycles. The van der Waals surface area contributed by atoms with Gasteiger partial charge in [0.2, 0.25) is 0 Å². The molecule has 0 fully saturated rings. The summed E-state index contributed by atoms with van der Waals surface area (Å²) in [7, 11) is 0. The zero-order chi connectivity index (χ0) is 18.2. The molecule has 2 rings (SSSR count). The van der Waals surface area contributed by atoms with Gasteiger partial charge in [-0.3, -0.25) is 0 Å². The number of halogens is 1. The summed E-state index contributed by atoms with van der Waals surface area (Å²) in [6, 6.07) is 14.7. The molecule has 0 radical (unpaired) electrons. The molecule has 5 heteroatoms. The van der Waals surface area contributed by atoms with Gasteiger partial charge in [0, 0.05) is 6.54 Å². The molecule has 0 spiro atoms. The van der Waals surface area contributed by atoms with Gasteiger partial charge in [-0.05, 0) is 55.7 Å². The van der Waals surface area contributed by atoms with E-state index in [1.54, 1.807) is 25.1 Å². The molecule has 0 aliphatic rings. The first-order valence-electron chi connectivity index (χ1n) is 8.33. The lowest BCUT2D eigenvalue weighted by Crippen LogP contribution is -2.38. The van der Waals surface area contributed by atoms with E-state index in [-0.39, 0.29) is 11.9 Å². The third-order valence-electron chi connectivity index (χ3n) is 3.87. The Labute approximate surface area is 148 Å². The molecule has 0 aliphatic heterocycles. The quantitative estimate of drug-likeness (QED) is 0.643. The molecule has 0 heterocycles. The van der Waals surface area contributed by atoms with Gasteiger partial charge in [-0.2, -0.15) is 5.26 Å². The summed E-state index contributed by atoms with van der Waals surface area (Å²) in [4.78, 5) is 4.56. The molecule has 0 aromatic heterocycles. The Hall–Kier alpha value is -2.87. The van der Waals surface area contributed by atoms with Crippen LogP contribution in [0.1, 0.15) is 42.1 Å². The maximum atomic E-state index is 13.8. The highest BCUT2D eigenvalue weighted by atomic mass is 19.1. The lowest BCUT2D eigenvalue weighted by Gasteiger charge is -2.18. The third kappa shape index (κ3) is 5.32. The van der Waals surface area contributed by atoms with Crippen LogP contribution in [0.25, 0.3) is 0 Å². The van der Waals surface area contributed by atoms with Crippen molar-refractivity contribution in [2.24, 2.45) is 4.99 Å². The smallest absolute Gasteiger partial charge is 0.192 e. The number of nitriles is 1. The van der Waals surface area contributed by atoms with Crippen molar-refractivity contribution >= 4 is 5.96 Å². The number of rotatable bonds is 5. The minimum atomic E-state index is -0.207. The second-order valence-corrected chi connectivity index (χ2v) is 5.88. The minimum Gasteiger partial charge on any atom is -0.357 e. The molecule has 1 atom stereocenters. The van der Waals surface area contributed by atoms with Gasteiger partial charge in [-0.1, -0.05) is 24.3 Å². The van der Waals surface area contributed by atoms with Crippen LogP contribution in [0.4, 0.5) is 4.39 Å². The monoisotopic (exact) mass is 338 g/mol. The van der Waals surface area contributed by atoms with Crippen molar-refractivity contribution in [1.29, 1.82) is 5.26 Å². The van der Waals surface area contributed by atoms with Crippen LogP contribution < -0.4 is 10.6 Å². The van der Waals surface area contributed by atoms with Gasteiger partial charge in [0.15, 0.2) is 5.96 Å². The molecule has 0 bridgehead atoms. The highest BCUT2D eigenvalue weighted by Crippen LogP contribution is 2.16. The first-order valence-corrected chi connectivity index (χ1v) is 8.33. The van der Waals surface area contributed by atoms with Crippen molar-refractivity contribution in [3.8, 4) is 6.07 Å². The summed E-state index contributed by atoms with van der Waals surface area (Å²) in [6.07, 6.45) is 0. The molecule has 0 aliphatic carbocycles. The number of hydrogen-bond donors (Lipinski definition) is 2. The molecule has 0 amide bonds. The molecular weight excluding hydrogens is 315 g/mol. The maximum absolute atomic E-state index is 13.8. The van der Waals surface area contributed by atoms with Crippen LogP contribution in [0.3, 0.4) is 0 Å². The molecule has 0 saturated heterocycles. The number of guanidine groups is 1. The van der Waals surface area contributed by atoms with E-state index in [0.29, 0.717) is 23.6 Å². The van der Waals surface area contributed by atoms with E-state index in [4.69, 9.17) is 5.26 Å². The van der Waals surface area contributed by atoms with E-state index < -0.39 is 0 Å². The van der Waals surface area contributed by atoms with Crippen molar-refractivity contribution in [2.75, 3.05) is 6.54 Å². The van der Waals surface area contributed by atoms with Crippen molar-refractivity contribution in [2.45, 2.75) is 33.4 Å². The summed E-state index contributed by atoms with van der Waals surface area (Å²) >= 11 is 0. The van der Waals surface area contributed by atoms with Crippen molar-refractivity contribution < 1.29 is 4.39 Å². The van der Waals surface area contributed by atoms with E-state index in [9.17, 15) is 4.39 Å². The molecule has 130 valence electrons. The topological polar surface area (TPSA) is 60.2 Å². The van der Waals surface area contributed by atoms with E-state index in [1.165, 1.54) is 0 Å². The Morgan fingerprint density at radius 1 is 1.28 bits per heavy atom. The lowest BCUT2D eigenvalue weighted by molar-refractivity contribution is 0.607. The summed E-state index contributed by atoms with van der Waals surface area (Å²) in [5, 5.41) is 15.4. The van der Waals surface area contributed by atoms with Gasteiger partial charge < -0.3 is 10.6 Å². The predicted octanol–water partition coefficient (Wildman–Crippen LogP) is 3.82. The minimum absolute atomic E-state index is 0.0849. The Morgan fingerprint density at radius 2 is 2.08 bits per heavy atom. The average molecular weight is 338 g/mol. The molecule has 1 unspecified atom stereocenters. The standard InChI is InChI=1S/C20H23FN4/c1-4-23-20(24-13-17-7-5-6-16(10-17)12-22)25-15(3)18-9-8-14(2)19(21)11-18/h5-11,15H,4,13H2,1-3H3,(H2,23,24,25). The molecule has 2 aromatic rings. The van der Waals surface area contributed by atoms with Crippen LogP contribution in [-0.4, -0.2) is 12.5 Å². The van der Waals surface area contributed by atoms with Crippen LogP contribution in [-0.2, 0) is 6.54 Å².